The van der Waals surface area contributed by atoms with Crippen LogP contribution in [0, 0.1) is 5.82 Å². The Balaban J connectivity index is 2.23. The van der Waals surface area contributed by atoms with Crippen LogP contribution in [0.15, 0.2) is 24.3 Å². The summed E-state index contributed by atoms with van der Waals surface area (Å²) in [5.41, 5.74) is 0.167. The topological polar surface area (TPSA) is 61.4 Å². The average molecular weight is 240 g/mol. The van der Waals surface area contributed by atoms with Gasteiger partial charge in [-0.25, -0.2) is 9.18 Å². The Morgan fingerprint density at radius 1 is 1.24 bits per heavy atom. The number of aliphatic hydroxyl groups excluding tert-OH is 1. The second-order valence-corrected chi connectivity index (χ2v) is 3.65. The molecule has 0 fully saturated rings. The molecule has 0 bridgehead atoms. The molecule has 0 atom stereocenters. The van der Waals surface area contributed by atoms with E-state index in [0.29, 0.717) is 6.54 Å². The van der Waals surface area contributed by atoms with E-state index < -0.39 is 11.8 Å². The van der Waals surface area contributed by atoms with Gasteiger partial charge in [-0.1, -0.05) is 12.1 Å². The van der Waals surface area contributed by atoms with E-state index >= 15 is 0 Å². The van der Waals surface area contributed by atoms with E-state index in [1.807, 2.05) is 0 Å². The molecule has 0 saturated heterocycles. The molecule has 0 aliphatic rings. The van der Waals surface area contributed by atoms with Crippen molar-refractivity contribution in [1.82, 2.24) is 5.32 Å². The maximum atomic E-state index is 13.2. The number of unbranched alkanes of at least 4 members (excludes halogenated alkanes) is 2. The van der Waals surface area contributed by atoms with Crippen LogP contribution in [0.1, 0.15) is 19.3 Å². The summed E-state index contributed by atoms with van der Waals surface area (Å²) in [7, 11) is 0. The van der Waals surface area contributed by atoms with Crippen molar-refractivity contribution in [2.75, 3.05) is 18.5 Å². The van der Waals surface area contributed by atoms with Crippen molar-refractivity contribution in [3.63, 3.8) is 0 Å². The number of halogens is 1. The van der Waals surface area contributed by atoms with Gasteiger partial charge in [0.05, 0.1) is 5.69 Å². The summed E-state index contributed by atoms with van der Waals surface area (Å²) in [4.78, 5) is 11.4. The number of carbonyl (C=O) groups excluding carboxylic acids is 1. The molecule has 17 heavy (non-hydrogen) atoms. The second kappa shape index (κ2) is 7.62. The summed E-state index contributed by atoms with van der Waals surface area (Å²) < 4.78 is 13.2. The monoisotopic (exact) mass is 240 g/mol. The number of anilines is 1. The fraction of sp³-hybridized carbons (Fsp3) is 0.417. The molecule has 94 valence electrons. The normalized spacial score (nSPS) is 10.0. The lowest BCUT2D eigenvalue weighted by Crippen LogP contribution is -2.29. The Bertz CT molecular complexity index is 358. The Hall–Kier alpha value is -1.62. The summed E-state index contributed by atoms with van der Waals surface area (Å²) >= 11 is 0. The molecule has 5 heteroatoms. The lowest BCUT2D eigenvalue weighted by Gasteiger charge is -2.07. The Morgan fingerprint density at radius 3 is 2.71 bits per heavy atom. The number of carbonyl (C=O) groups is 1. The number of benzene rings is 1. The van der Waals surface area contributed by atoms with Crippen LogP contribution in [0.3, 0.4) is 0 Å². The molecule has 2 amide bonds. The van der Waals surface area contributed by atoms with E-state index in [1.165, 1.54) is 12.1 Å². The Kier molecular flexibility index (Phi) is 6.03. The fourth-order valence-electron chi connectivity index (χ4n) is 1.34. The van der Waals surface area contributed by atoms with Crippen molar-refractivity contribution < 1.29 is 14.3 Å². The summed E-state index contributed by atoms with van der Waals surface area (Å²) in [6.45, 7) is 0.682. The van der Waals surface area contributed by atoms with E-state index in [9.17, 15) is 9.18 Å². The number of hydrogen-bond acceptors (Lipinski definition) is 2. The van der Waals surface area contributed by atoms with Crippen LogP contribution in [0.5, 0.6) is 0 Å². The Morgan fingerprint density at radius 2 is 2.00 bits per heavy atom. The summed E-state index contributed by atoms with van der Waals surface area (Å²) in [6.07, 6.45) is 2.39. The van der Waals surface area contributed by atoms with E-state index in [1.54, 1.807) is 12.1 Å². The van der Waals surface area contributed by atoms with Gasteiger partial charge in [0.15, 0.2) is 0 Å². The van der Waals surface area contributed by atoms with Gasteiger partial charge < -0.3 is 15.7 Å². The number of aliphatic hydroxyl groups is 1. The first-order valence-corrected chi connectivity index (χ1v) is 5.64. The van der Waals surface area contributed by atoms with Gasteiger partial charge in [0.25, 0.3) is 0 Å². The zero-order chi connectivity index (χ0) is 12.5. The van der Waals surface area contributed by atoms with Crippen LogP contribution in [-0.4, -0.2) is 24.3 Å². The maximum absolute atomic E-state index is 13.2. The molecule has 3 N–H and O–H groups in total. The van der Waals surface area contributed by atoms with Crippen molar-refractivity contribution >= 4 is 11.7 Å². The molecule has 1 aromatic rings. The third kappa shape index (κ3) is 5.31. The van der Waals surface area contributed by atoms with Crippen LogP contribution in [-0.2, 0) is 0 Å². The van der Waals surface area contributed by atoms with E-state index in [4.69, 9.17) is 5.11 Å². The van der Waals surface area contributed by atoms with Crippen molar-refractivity contribution in [3.8, 4) is 0 Å². The molecule has 4 nitrogen and oxygen atoms in total. The minimum absolute atomic E-state index is 0.167. The summed E-state index contributed by atoms with van der Waals surface area (Å²) in [5, 5.41) is 13.6. The summed E-state index contributed by atoms with van der Waals surface area (Å²) in [6, 6.07) is 5.59. The molecule has 1 aromatic carbocycles. The minimum Gasteiger partial charge on any atom is -0.396 e. The lowest BCUT2D eigenvalue weighted by atomic mass is 10.2. The van der Waals surface area contributed by atoms with E-state index in [-0.39, 0.29) is 12.3 Å². The minimum atomic E-state index is -0.456. The van der Waals surface area contributed by atoms with Gasteiger partial charge in [-0.3, -0.25) is 0 Å². The quantitative estimate of drug-likeness (QED) is 0.667. The highest BCUT2D eigenvalue weighted by atomic mass is 19.1. The van der Waals surface area contributed by atoms with E-state index in [2.05, 4.69) is 10.6 Å². The third-order valence-corrected chi connectivity index (χ3v) is 2.24. The molecular weight excluding hydrogens is 223 g/mol. The smallest absolute Gasteiger partial charge is 0.319 e. The molecule has 1 rings (SSSR count). The predicted octanol–water partition coefficient (Wildman–Crippen LogP) is 2.11. The molecule has 0 aliphatic carbocycles. The number of para-hydroxylation sites is 1. The molecule has 0 spiro atoms. The SMILES string of the molecule is O=C(NCCCCCO)Nc1ccccc1F. The molecular formula is C12H17FN2O2. The van der Waals surface area contributed by atoms with Gasteiger partial charge >= 0.3 is 6.03 Å². The van der Waals surface area contributed by atoms with Crippen LogP contribution in [0.2, 0.25) is 0 Å². The van der Waals surface area contributed by atoms with Crippen molar-refractivity contribution in [2.24, 2.45) is 0 Å². The van der Waals surface area contributed by atoms with Gasteiger partial charge in [-0.05, 0) is 31.4 Å². The highest BCUT2D eigenvalue weighted by Gasteiger charge is 2.04. The average Bonchev–Trinajstić information content (AvgIpc) is 2.32. The standard InChI is InChI=1S/C12H17FN2O2/c13-10-6-2-3-7-11(10)15-12(17)14-8-4-1-5-9-16/h2-3,6-7,16H,1,4-5,8-9H2,(H2,14,15,17). The lowest BCUT2D eigenvalue weighted by molar-refractivity contribution is 0.251. The van der Waals surface area contributed by atoms with Crippen LogP contribution in [0.4, 0.5) is 14.9 Å². The van der Waals surface area contributed by atoms with Crippen molar-refractivity contribution in [1.29, 1.82) is 0 Å². The van der Waals surface area contributed by atoms with Crippen molar-refractivity contribution in [2.45, 2.75) is 19.3 Å². The Labute approximate surface area is 99.8 Å². The van der Waals surface area contributed by atoms with Crippen LogP contribution < -0.4 is 10.6 Å². The van der Waals surface area contributed by atoms with Gasteiger partial charge in [0, 0.05) is 13.2 Å². The zero-order valence-corrected chi connectivity index (χ0v) is 9.58. The van der Waals surface area contributed by atoms with Gasteiger partial charge in [-0.15, -0.1) is 0 Å². The van der Waals surface area contributed by atoms with Gasteiger partial charge in [-0.2, -0.15) is 0 Å². The van der Waals surface area contributed by atoms with E-state index in [0.717, 1.165) is 19.3 Å². The molecule has 0 radical (unpaired) electrons. The first-order chi connectivity index (χ1) is 8.24. The zero-order valence-electron chi connectivity index (χ0n) is 9.58. The molecule has 0 heterocycles. The molecule has 0 unspecified atom stereocenters. The maximum Gasteiger partial charge on any atom is 0.319 e. The van der Waals surface area contributed by atoms with Crippen LogP contribution >= 0.6 is 0 Å². The molecule has 0 aliphatic heterocycles. The number of nitrogens with one attached hydrogen (secondary N) is 2. The molecule has 0 aromatic heterocycles. The van der Waals surface area contributed by atoms with Crippen LogP contribution in [0.25, 0.3) is 0 Å². The fourth-order valence-corrected chi connectivity index (χ4v) is 1.34. The molecule has 0 saturated carbocycles. The predicted molar refractivity (Wildman–Crippen MR) is 64.4 cm³/mol. The first kappa shape index (κ1) is 13.4. The van der Waals surface area contributed by atoms with Crippen molar-refractivity contribution in [3.05, 3.63) is 30.1 Å². The number of urea groups is 1. The number of rotatable bonds is 6. The van der Waals surface area contributed by atoms with Gasteiger partial charge in [0.2, 0.25) is 0 Å². The number of hydrogen-bond donors (Lipinski definition) is 3. The highest BCUT2D eigenvalue weighted by Crippen LogP contribution is 2.11. The van der Waals surface area contributed by atoms with Gasteiger partial charge in [0.1, 0.15) is 5.82 Å². The largest absolute Gasteiger partial charge is 0.396 e. The highest BCUT2D eigenvalue weighted by molar-refractivity contribution is 5.89. The summed E-state index contributed by atoms with van der Waals surface area (Å²) in [5.74, 6) is -0.456. The second-order valence-electron chi connectivity index (χ2n) is 3.65. The first-order valence-electron chi connectivity index (χ1n) is 5.64. The number of amides is 2. The third-order valence-electron chi connectivity index (χ3n) is 2.24.